The third-order valence-corrected chi connectivity index (χ3v) is 5.67. The maximum atomic E-state index is 13.2. The summed E-state index contributed by atoms with van der Waals surface area (Å²) in [4.78, 5) is 0.172. The summed E-state index contributed by atoms with van der Waals surface area (Å²) in [6.07, 6.45) is 0. The summed E-state index contributed by atoms with van der Waals surface area (Å²) in [6.45, 7) is 3.44. The molecule has 0 bridgehead atoms. The third kappa shape index (κ3) is 3.14. The van der Waals surface area contributed by atoms with Crippen LogP contribution in [0, 0.1) is 12.7 Å². The van der Waals surface area contributed by atoms with Crippen LogP contribution < -0.4 is 5.32 Å². The van der Waals surface area contributed by atoms with Gasteiger partial charge >= 0.3 is 0 Å². The van der Waals surface area contributed by atoms with Crippen LogP contribution >= 0.6 is 15.9 Å². The molecular formula is C17H14BrFN2O2S. The molecule has 0 saturated heterocycles. The van der Waals surface area contributed by atoms with E-state index in [1.165, 1.54) is 12.1 Å². The van der Waals surface area contributed by atoms with Crippen molar-refractivity contribution in [3.63, 3.8) is 0 Å². The van der Waals surface area contributed by atoms with E-state index < -0.39 is 10.0 Å². The lowest BCUT2D eigenvalue weighted by atomic mass is 10.1. The van der Waals surface area contributed by atoms with E-state index in [4.69, 9.17) is 0 Å². The number of anilines is 1. The average molecular weight is 409 g/mol. The van der Waals surface area contributed by atoms with E-state index in [9.17, 15) is 12.8 Å². The van der Waals surface area contributed by atoms with Gasteiger partial charge in [0.2, 0.25) is 0 Å². The van der Waals surface area contributed by atoms with Gasteiger partial charge in [0, 0.05) is 15.7 Å². The number of hydrogen-bond donors (Lipinski definition) is 1. The standard InChI is InChI=1S/C17H14BrFN2O2S/c1-10-8-14(19)6-7-15(10)20-17-11(2)16(24(22,23)21-17)12-4-3-5-13(18)9-12/h3-9H,1-2H3,(H,20,21). The average Bonchev–Trinajstić information content (AvgIpc) is 2.71. The van der Waals surface area contributed by atoms with Crippen LogP contribution in [-0.4, -0.2) is 14.3 Å². The highest BCUT2D eigenvalue weighted by atomic mass is 79.9. The summed E-state index contributed by atoms with van der Waals surface area (Å²) in [5, 5.41) is 2.99. The van der Waals surface area contributed by atoms with Gasteiger partial charge in [0.1, 0.15) is 16.6 Å². The zero-order chi connectivity index (χ0) is 17.5. The second kappa shape index (κ2) is 6.14. The molecule has 2 aromatic carbocycles. The molecular weight excluding hydrogens is 395 g/mol. The van der Waals surface area contributed by atoms with Crippen molar-refractivity contribution in [2.45, 2.75) is 13.8 Å². The van der Waals surface area contributed by atoms with E-state index in [2.05, 4.69) is 25.6 Å². The quantitative estimate of drug-likeness (QED) is 0.796. The van der Waals surface area contributed by atoms with Gasteiger partial charge < -0.3 is 5.32 Å². The summed E-state index contributed by atoms with van der Waals surface area (Å²) in [5.74, 6) is -0.0965. The highest BCUT2D eigenvalue weighted by Crippen LogP contribution is 2.34. The Bertz CT molecular complexity index is 997. The third-order valence-electron chi connectivity index (χ3n) is 3.69. The fourth-order valence-electron chi connectivity index (χ4n) is 2.54. The molecule has 24 heavy (non-hydrogen) atoms. The van der Waals surface area contributed by atoms with Crippen molar-refractivity contribution in [3.8, 4) is 0 Å². The first-order valence-corrected chi connectivity index (χ1v) is 9.36. The monoisotopic (exact) mass is 408 g/mol. The van der Waals surface area contributed by atoms with Crippen molar-refractivity contribution in [1.29, 1.82) is 0 Å². The summed E-state index contributed by atoms with van der Waals surface area (Å²) < 4.78 is 42.8. The number of amidine groups is 1. The summed E-state index contributed by atoms with van der Waals surface area (Å²) in [7, 11) is -3.79. The van der Waals surface area contributed by atoms with Crippen LogP contribution in [0.1, 0.15) is 18.1 Å². The first kappa shape index (κ1) is 16.9. The fourth-order valence-corrected chi connectivity index (χ4v) is 4.36. The molecule has 1 heterocycles. The van der Waals surface area contributed by atoms with Gasteiger partial charge in [-0.1, -0.05) is 28.1 Å². The van der Waals surface area contributed by atoms with Crippen molar-refractivity contribution in [2.24, 2.45) is 4.40 Å². The molecule has 124 valence electrons. The zero-order valence-corrected chi connectivity index (χ0v) is 15.4. The van der Waals surface area contributed by atoms with Crippen LogP contribution in [0.4, 0.5) is 10.1 Å². The number of halogens is 2. The number of benzene rings is 2. The van der Waals surface area contributed by atoms with E-state index in [0.29, 0.717) is 22.4 Å². The van der Waals surface area contributed by atoms with Crippen LogP contribution in [0.15, 0.2) is 56.9 Å². The highest BCUT2D eigenvalue weighted by Gasteiger charge is 2.31. The van der Waals surface area contributed by atoms with Crippen molar-refractivity contribution in [1.82, 2.24) is 0 Å². The maximum absolute atomic E-state index is 13.2. The molecule has 1 aliphatic heterocycles. The molecule has 0 amide bonds. The van der Waals surface area contributed by atoms with Crippen LogP contribution in [0.5, 0.6) is 0 Å². The smallest absolute Gasteiger partial charge is 0.285 e. The number of aryl methyl sites for hydroxylation is 1. The molecule has 0 unspecified atom stereocenters. The van der Waals surface area contributed by atoms with E-state index in [-0.39, 0.29) is 16.6 Å². The number of hydrogen-bond acceptors (Lipinski definition) is 3. The molecule has 0 radical (unpaired) electrons. The van der Waals surface area contributed by atoms with Gasteiger partial charge in [-0.2, -0.15) is 8.42 Å². The lowest BCUT2D eigenvalue weighted by Gasteiger charge is -2.10. The Balaban J connectivity index is 2.04. The van der Waals surface area contributed by atoms with E-state index >= 15 is 0 Å². The largest absolute Gasteiger partial charge is 0.339 e. The van der Waals surface area contributed by atoms with Crippen molar-refractivity contribution < 1.29 is 12.8 Å². The van der Waals surface area contributed by atoms with Gasteiger partial charge in [0.05, 0.1) is 0 Å². The first-order chi connectivity index (χ1) is 11.3. The molecule has 1 N–H and O–H groups in total. The lowest BCUT2D eigenvalue weighted by Crippen LogP contribution is -2.12. The minimum absolute atomic E-state index is 0.172. The number of nitrogens with zero attached hydrogens (tertiary/aromatic N) is 1. The molecule has 0 spiro atoms. The summed E-state index contributed by atoms with van der Waals surface area (Å²) in [5.41, 5.74) is 2.37. The molecule has 1 aliphatic rings. The molecule has 2 aromatic rings. The van der Waals surface area contributed by atoms with Crippen LogP contribution in [-0.2, 0) is 10.0 Å². The number of nitrogens with one attached hydrogen (secondary N) is 1. The van der Waals surface area contributed by atoms with Crippen molar-refractivity contribution in [2.75, 3.05) is 5.32 Å². The molecule has 0 saturated carbocycles. The Morgan fingerprint density at radius 1 is 1.12 bits per heavy atom. The van der Waals surface area contributed by atoms with Crippen molar-refractivity contribution in [3.05, 3.63) is 69.5 Å². The number of rotatable bonds is 2. The zero-order valence-electron chi connectivity index (χ0n) is 13.0. The van der Waals surface area contributed by atoms with E-state index in [1.54, 1.807) is 38.1 Å². The Morgan fingerprint density at radius 3 is 2.54 bits per heavy atom. The maximum Gasteiger partial charge on any atom is 0.285 e. The Labute approximate surface area is 148 Å². The van der Waals surface area contributed by atoms with Gasteiger partial charge in [-0.15, -0.1) is 4.40 Å². The summed E-state index contributed by atoms with van der Waals surface area (Å²) in [6, 6.07) is 11.3. The summed E-state index contributed by atoms with van der Waals surface area (Å²) >= 11 is 3.35. The Kier molecular flexibility index (Phi) is 4.31. The second-order valence-electron chi connectivity index (χ2n) is 5.46. The molecule has 0 aliphatic carbocycles. The van der Waals surface area contributed by atoms with E-state index in [1.807, 2.05) is 6.07 Å². The van der Waals surface area contributed by atoms with Crippen molar-refractivity contribution >= 4 is 42.4 Å². The van der Waals surface area contributed by atoms with Crippen LogP contribution in [0.2, 0.25) is 0 Å². The minimum atomic E-state index is -3.79. The predicted molar refractivity (Wildman–Crippen MR) is 97.9 cm³/mol. The van der Waals surface area contributed by atoms with Gasteiger partial charge in [0.25, 0.3) is 10.0 Å². The molecule has 0 fully saturated rings. The Hall–Kier alpha value is -1.99. The first-order valence-electron chi connectivity index (χ1n) is 7.13. The van der Waals surface area contributed by atoms with Gasteiger partial charge in [-0.05, 0) is 55.3 Å². The predicted octanol–water partition coefficient (Wildman–Crippen LogP) is 4.48. The molecule has 3 rings (SSSR count). The van der Waals surface area contributed by atoms with E-state index in [0.717, 1.165) is 4.47 Å². The lowest BCUT2D eigenvalue weighted by molar-refractivity contribution is 0.608. The molecule has 0 atom stereocenters. The minimum Gasteiger partial charge on any atom is -0.339 e. The van der Waals surface area contributed by atoms with Crippen LogP contribution in [0.3, 0.4) is 0 Å². The van der Waals surface area contributed by atoms with Crippen LogP contribution in [0.25, 0.3) is 4.91 Å². The molecule has 4 nitrogen and oxygen atoms in total. The van der Waals surface area contributed by atoms with Gasteiger partial charge in [0.15, 0.2) is 0 Å². The number of sulfonamides is 1. The van der Waals surface area contributed by atoms with Gasteiger partial charge in [-0.25, -0.2) is 4.39 Å². The second-order valence-corrected chi connectivity index (χ2v) is 7.92. The topological polar surface area (TPSA) is 58.5 Å². The van der Waals surface area contributed by atoms with Gasteiger partial charge in [-0.3, -0.25) is 0 Å². The normalized spacial score (nSPS) is 16.2. The molecule has 7 heteroatoms. The molecule has 0 aromatic heterocycles. The Morgan fingerprint density at radius 2 is 1.88 bits per heavy atom. The highest BCUT2D eigenvalue weighted by molar-refractivity contribution is 9.10. The fraction of sp³-hybridized carbons (Fsp3) is 0.118. The SMILES string of the molecule is CC1=C(c2cccc(Br)c2)S(=O)(=O)N=C1Nc1ccc(F)cc1C.